The summed E-state index contributed by atoms with van der Waals surface area (Å²) in [6.45, 7) is 0. The molecule has 0 bridgehead atoms. The number of benzene rings is 1. The minimum absolute atomic E-state index is 0.307. The first kappa shape index (κ1) is 11.8. The highest BCUT2D eigenvalue weighted by molar-refractivity contribution is 9.10. The molecule has 0 aliphatic heterocycles. The van der Waals surface area contributed by atoms with Crippen LogP contribution in [-0.4, -0.2) is 5.11 Å². The third kappa shape index (κ3) is 2.70. The van der Waals surface area contributed by atoms with Crippen molar-refractivity contribution in [1.82, 2.24) is 0 Å². The molecule has 1 atom stereocenters. The van der Waals surface area contributed by atoms with Gasteiger partial charge in [0, 0.05) is 10.9 Å². The smallest absolute Gasteiger partial charge is 0.124 e. The van der Waals surface area contributed by atoms with Crippen LogP contribution >= 0.6 is 27.3 Å². The minimum atomic E-state index is -0.607. The van der Waals surface area contributed by atoms with Gasteiger partial charge < -0.3 is 5.11 Å². The van der Waals surface area contributed by atoms with Crippen LogP contribution in [0.4, 0.5) is 4.39 Å². The lowest BCUT2D eigenvalue weighted by atomic mass is 10.0. The van der Waals surface area contributed by atoms with Gasteiger partial charge in [0.15, 0.2) is 0 Å². The van der Waals surface area contributed by atoms with E-state index >= 15 is 0 Å². The summed E-state index contributed by atoms with van der Waals surface area (Å²) in [5.41, 5.74) is 1.81. The normalized spacial score (nSPS) is 12.7. The first-order chi connectivity index (χ1) is 7.66. The fourth-order valence-corrected chi connectivity index (χ4v) is 2.81. The maximum absolute atomic E-state index is 12.9. The summed E-state index contributed by atoms with van der Waals surface area (Å²) in [7, 11) is 0. The van der Waals surface area contributed by atoms with Crippen LogP contribution in [0.25, 0.3) is 0 Å². The van der Waals surface area contributed by atoms with Gasteiger partial charge in [0.1, 0.15) is 5.82 Å². The Hall–Kier alpha value is -0.710. The van der Waals surface area contributed by atoms with Gasteiger partial charge in [0.05, 0.1) is 6.10 Å². The summed E-state index contributed by atoms with van der Waals surface area (Å²) >= 11 is 4.85. The highest BCUT2D eigenvalue weighted by Gasteiger charge is 2.12. The van der Waals surface area contributed by atoms with E-state index in [1.807, 2.05) is 16.8 Å². The molecular weight excluding hydrogens is 291 g/mol. The van der Waals surface area contributed by atoms with E-state index in [9.17, 15) is 9.50 Å². The van der Waals surface area contributed by atoms with Gasteiger partial charge in [-0.25, -0.2) is 4.39 Å². The van der Waals surface area contributed by atoms with E-state index in [-0.39, 0.29) is 5.82 Å². The molecule has 1 aromatic carbocycles. The fourth-order valence-electron chi connectivity index (χ4n) is 1.51. The molecule has 0 saturated heterocycles. The number of rotatable bonds is 3. The van der Waals surface area contributed by atoms with Gasteiger partial charge in [-0.15, -0.1) is 0 Å². The van der Waals surface area contributed by atoms with Gasteiger partial charge >= 0.3 is 0 Å². The van der Waals surface area contributed by atoms with Crippen molar-refractivity contribution in [1.29, 1.82) is 0 Å². The molecule has 0 saturated carbocycles. The van der Waals surface area contributed by atoms with E-state index in [4.69, 9.17) is 0 Å². The van der Waals surface area contributed by atoms with E-state index in [0.717, 1.165) is 5.56 Å². The topological polar surface area (TPSA) is 20.2 Å². The molecule has 1 aromatic heterocycles. The first-order valence-corrected chi connectivity index (χ1v) is 6.54. The van der Waals surface area contributed by atoms with Gasteiger partial charge in [0.25, 0.3) is 0 Å². The lowest BCUT2D eigenvalue weighted by Gasteiger charge is -2.12. The second kappa shape index (κ2) is 5.08. The average molecular weight is 301 g/mol. The Balaban J connectivity index is 2.17. The Bertz CT molecular complexity index is 470. The zero-order valence-electron chi connectivity index (χ0n) is 8.36. The molecule has 4 heteroatoms. The van der Waals surface area contributed by atoms with E-state index in [2.05, 4.69) is 15.9 Å². The van der Waals surface area contributed by atoms with Crippen LogP contribution in [0, 0.1) is 5.82 Å². The molecule has 2 aromatic rings. The molecule has 0 aliphatic carbocycles. The second-order valence-corrected chi connectivity index (χ2v) is 5.15. The molecule has 1 heterocycles. The summed E-state index contributed by atoms with van der Waals surface area (Å²) < 4.78 is 13.5. The summed E-state index contributed by atoms with van der Waals surface area (Å²) in [6.07, 6.45) is -0.0575. The van der Waals surface area contributed by atoms with Crippen molar-refractivity contribution >= 4 is 27.3 Å². The standard InChI is InChI=1S/C12H10BrFOS/c13-11-6-9(14)1-2-10(11)12(15)5-8-3-4-16-7-8/h1-4,6-7,12,15H,5H2. The van der Waals surface area contributed by atoms with Crippen LogP contribution in [0.2, 0.25) is 0 Å². The molecule has 0 spiro atoms. The van der Waals surface area contributed by atoms with Gasteiger partial charge in [-0.05, 0) is 40.1 Å². The van der Waals surface area contributed by atoms with E-state index in [0.29, 0.717) is 16.5 Å². The summed E-state index contributed by atoms with van der Waals surface area (Å²) in [6, 6.07) is 6.31. The Kier molecular flexibility index (Phi) is 3.74. The van der Waals surface area contributed by atoms with Crippen molar-refractivity contribution in [3.05, 3.63) is 56.4 Å². The van der Waals surface area contributed by atoms with Gasteiger partial charge in [0.2, 0.25) is 0 Å². The van der Waals surface area contributed by atoms with Crippen LogP contribution in [-0.2, 0) is 6.42 Å². The van der Waals surface area contributed by atoms with Crippen LogP contribution < -0.4 is 0 Å². The number of hydrogen-bond donors (Lipinski definition) is 1. The SMILES string of the molecule is OC(Cc1ccsc1)c1ccc(F)cc1Br. The van der Waals surface area contributed by atoms with Crippen LogP contribution in [0.5, 0.6) is 0 Å². The summed E-state index contributed by atoms with van der Waals surface area (Å²) in [5.74, 6) is -0.307. The summed E-state index contributed by atoms with van der Waals surface area (Å²) in [4.78, 5) is 0. The highest BCUT2D eigenvalue weighted by atomic mass is 79.9. The van der Waals surface area contributed by atoms with Crippen LogP contribution in [0.15, 0.2) is 39.5 Å². The van der Waals surface area contributed by atoms with Crippen LogP contribution in [0.1, 0.15) is 17.2 Å². The number of aliphatic hydroxyl groups excluding tert-OH is 1. The Labute approximate surface area is 106 Å². The van der Waals surface area contributed by atoms with Crippen molar-refractivity contribution in [2.75, 3.05) is 0 Å². The van der Waals surface area contributed by atoms with E-state index < -0.39 is 6.10 Å². The number of aliphatic hydroxyl groups is 1. The molecule has 0 aliphatic rings. The number of hydrogen-bond acceptors (Lipinski definition) is 2. The van der Waals surface area contributed by atoms with Gasteiger partial charge in [-0.1, -0.05) is 22.0 Å². The Morgan fingerprint density at radius 1 is 1.38 bits per heavy atom. The molecule has 0 radical (unpaired) electrons. The number of thiophene rings is 1. The van der Waals surface area contributed by atoms with Gasteiger partial charge in [-0.2, -0.15) is 11.3 Å². The highest BCUT2D eigenvalue weighted by Crippen LogP contribution is 2.27. The van der Waals surface area contributed by atoms with Crippen LogP contribution in [0.3, 0.4) is 0 Å². The molecule has 1 nitrogen and oxygen atoms in total. The largest absolute Gasteiger partial charge is 0.388 e. The van der Waals surface area contributed by atoms with Crippen molar-refractivity contribution in [3.63, 3.8) is 0 Å². The molecule has 84 valence electrons. The minimum Gasteiger partial charge on any atom is -0.388 e. The van der Waals surface area contributed by atoms with E-state index in [1.54, 1.807) is 17.4 Å². The maximum Gasteiger partial charge on any atom is 0.124 e. The quantitative estimate of drug-likeness (QED) is 0.911. The van der Waals surface area contributed by atoms with E-state index in [1.165, 1.54) is 12.1 Å². The first-order valence-electron chi connectivity index (χ1n) is 4.81. The maximum atomic E-state index is 12.9. The predicted molar refractivity (Wildman–Crippen MR) is 67.1 cm³/mol. The van der Waals surface area contributed by atoms with Crippen molar-refractivity contribution < 1.29 is 9.50 Å². The molecule has 1 N–H and O–H groups in total. The predicted octanol–water partition coefficient (Wildman–Crippen LogP) is 3.93. The molecule has 2 rings (SSSR count). The monoisotopic (exact) mass is 300 g/mol. The molecule has 0 amide bonds. The van der Waals surface area contributed by atoms with Crippen molar-refractivity contribution in [2.45, 2.75) is 12.5 Å². The van der Waals surface area contributed by atoms with Gasteiger partial charge in [-0.3, -0.25) is 0 Å². The Morgan fingerprint density at radius 3 is 2.81 bits per heavy atom. The fraction of sp³-hybridized carbons (Fsp3) is 0.167. The lowest BCUT2D eigenvalue weighted by Crippen LogP contribution is -2.02. The molecular formula is C12H10BrFOS. The Morgan fingerprint density at radius 2 is 2.19 bits per heavy atom. The summed E-state index contributed by atoms with van der Waals surface area (Å²) in [5, 5.41) is 14.0. The van der Waals surface area contributed by atoms with Crippen molar-refractivity contribution in [3.8, 4) is 0 Å². The third-order valence-electron chi connectivity index (χ3n) is 2.33. The van der Waals surface area contributed by atoms with Crippen molar-refractivity contribution in [2.24, 2.45) is 0 Å². The molecule has 0 fully saturated rings. The molecule has 1 unspecified atom stereocenters. The molecule has 16 heavy (non-hydrogen) atoms. The lowest BCUT2D eigenvalue weighted by molar-refractivity contribution is 0.177. The zero-order valence-corrected chi connectivity index (χ0v) is 10.8. The zero-order chi connectivity index (χ0) is 11.5. The third-order valence-corrected chi connectivity index (χ3v) is 3.75. The second-order valence-electron chi connectivity index (χ2n) is 3.52. The number of halogens is 2. The average Bonchev–Trinajstić information content (AvgIpc) is 2.70.